The minimum atomic E-state index is -0.838. The standard InChI is InChI=1S/C18H13NO2/c20-17-12-6-2-3-7-13(12)18(21)16(17)15-10-9-11-5-1-4-8-14(11)19-15/h1-10,17,20-21H. The number of aliphatic hydroxyl groups excluding tert-OH is 2. The van der Waals surface area contributed by atoms with Crippen LogP contribution in [0.5, 0.6) is 0 Å². The average molecular weight is 275 g/mol. The molecule has 0 saturated heterocycles. The van der Waals surface area contributed by atoms with Crippen molar-refractivity contribution in [1.29, 1.82) is 0 Å². The molecule has 2 aromatic carbocycles. The summed E-state index contributed by atoms with van der Waals surface area (Å²) >= 11 is 0. The van der Waals surface area contributed by atoms with E-state index >= 15 is 0 Å². The van der Waals surface area contributed by atoms with Crippen LogP contribution in [-0.4, -0.2) is 15.2 Å². The van der Waals surface area contributed by atoms with Gasteiger partial charge in [-0.3, -0.25) is 0 Å². The summed E-state index contributed by atoms with van der Waals surface area (Å²) in [6.45, 7) is 0. The van der Waals surface area contributed by atoms with Gasteiger partial charge in [0.2, 0.25) is 0 Å². The number of aliphatic hydroxyl groups is 2. The van der Waals surface area contributed by atoms with Gasteiger partial charge in [0.15, 0.2) is 0 Å². The Hall–Kier alpha value is -2.65. The maximum absolute atomic E-state index is 10.5. The summed E-state index contributed by atoms with van der Waals surface area (Å²) in [5, 5.41) is 21.9. The molecule has 0 saturated carbocycles. The van der Waals surface area contributed by atoms with Crippen LogP contribution in [0.4, 0.5) is 0 Å². The maximum Gasteiger partial charge on any atom is 0.131 e. The summed E-state index contributed by atoms with van der Waals surface area (Å²) in [5.41, 5.74) is 3.32. The summed E-state index contributed by atoms with van der Waals surface area (Å²) in [7, 11) is 0. The van der Waals surface area contributed by atoms with E-state index in [-0.39, 0.29) is 5.76 Å². The summed E-state index contributed by atoms with van der Waals surface area (Å²) in [6.07, 6.45) is -0.838. The number of pyridine rings is 1. The van der Waals surface area contributed by atoms with Crippen molar-refractivity contribution in [2.45, 2.75) is 6.10 Å². The lowest BCUT2D eigenvalue weighted by molar-refractivity contribution is 0.240. The third-order valence-corrected chi connectivity index (χ3v) is 3.91. The molecule has 1 aliphatic rings. The van der Waals surface area contributed by atoms with Crippen molar-refractivity contribution in [3.63, 3.8) is 0 Å². The van der Waals surface area contributed by atoms with Crippen molar-refractivity contribution < 1.29 is 10.2 Å². The summed E-state index contributed by atoms with van der Waals surface area (Å²) in [4.78, 5) is 4.56. The number of nitrogens with zero attached hydrogens (tertiary/aromatic N) is 1. The molecular formula is C18H13NO2. The van der Waals surface area contributed by atoms with E-state index in [9.17, 15) is 10.2 Å². The van der Waals surface area contributed by atoms with E-state index in [0.717, 1.165) is 16.5 Å². The molecule has 0 radical (unpaired) electrons. The van der Waals surface area contributed by atoms with E-state index in [1.807, 2.05) is 60.7 Å². The lowest BCUT2D eigenvalue weighted by atomic mass is 10.0. The van der Waals surface area contributed by atoms with Gasteiger partial charge in [-0.15, -0.1) is 0 Å². The number of hydrogen-bond donors (Lipinski definition) is 2. The zero-order valence-corrected chi connectivity index (χ0v) is 11.2. The Bertz CT molecular complexity index is 883. The molecule has 1 heterocycles. The lowest BCUT2D eigenvalue weighted by Crippen LogP contribution is -1.99. The molecule has 1 unspecified atom stereocenters. The van der Waals surface area contributed by atoms with Crippen molar-refractivity contribution >= 4 is 22.2 Å². The third kappa shape index (κ3) is 1.75. The monoisotopic (exact) mass is 275 g/mol. The molecule has 3 heteroatoms. The highest BCUT2D eigenvalue weighted by molar-refractivity contribution is 5.95. The normalized spacial score (nSPS) is 17.3. The Kier molecular flexibility index (Phi) is 2.56. The first-order chi connectivity index (χ1) is 10.3. The van der Waals surface area contributed by atoms with Gasteiger partial charge < -0.3 is 10.2 Å². The van der Waals surface area contributed by atoms with Gasteiger partial charge in [0, 0.05) is 10.9 Å². The van der Waals surface area contributed by atoms with E-state index in [1.165, 1.54) is 0 Å². The molecule has 102 valence electrons. The zero-order chi connectivity index (χ0) is 14.4. The van der Waals surface area contributed by atoms with Crippen molar-refractivity contribution in [3.8, 4) is 0 Å². The molecule has 0 spiro atoms. The van der Waals surface area contributed by atoms with E-state index < -0.39 is 6.10 Å². The number of para-hydroxylation sites is 1. The van der Waals surface area contributed by atoms with Gasteiger partial charge in [-0.1, -0.05) is 48.5 Å². The fraction of sp³-hybridized carbons (Fsp3) is 0.0556. The second-order valence-electron chi connectivity index (χ2n) is 5.14. The molecule has 0 amide bonds. The Morgan fingerprint density at radius 3 is 2.48 bits per heavy atom. The van der Waals surface area contributed by atoms with E-state index in [2.05, 4.69) is 4.98 Å². The summed E-state index contributed by atoms with van der Waals surface area (Å²) in [6, 6.07) is 18.9. The van der Waals surface area contributed by atoms with Crippen LogP contribution in [0.15, 0.2) is 60.7 Å². The second-order valence-corrected chi connectivity index (χ2v) is 5.14. The van der Waals surface area contributed by atoms with Gasteiger partial charge in [0.25, 0.3) is 0 Å². The molecule has 1 atom stereocenters. The molecule has 0 fully saturated rings. The number of aromatic nitrogens is 1. The van der Waals surface area contributed by atoms with Crippen LogP contribution in [0, 0.1) is 0 Å². The van der Waals surface area contributed by atoms with Gasteiger partial charge in [0.05, 0.1) is 16.8 Å². The minimum absolute atomic E-state index is 0.112. The number of rotatable bonds is 1. The largest absolute Gasteiger partial charge is 0.507 e. The van der Waals surface area contributed by atoms with Crippen LogP contribution in [0.1, 0.15) is 22.9 Å². The SMILES string of the molecule is OC1=C(c2ccc3ccccc3n2)C(O)c2ccccc21. The predicted molar refractivity (Wildman–Crippen MR) is 82.6 cm³/mol. The van der Waals surface area contributed by atoms with Gasteiger partial charge in [-0.2, -0.15) is 0 Å². The molecule has 1 aromatic heterocycles. The van der Waals surface area contributed by atoms with Gasteiger partial charge in [-0.25, -0.2) is 4.98 Å². The quantitative estimate of drug-likeness (QED) is 0.712. The summed E-state index contributed by atoms with van der Waals surface area (Å²) in [5.74, 6) is 0.112. The van der Waals surface area contributed by atoms with E-state index in [0.29, 0.717) is 16.8 Å². The number of hydrogen-bond acceptors (Lipinski definition) is 3. The molecular weight excluding hydrogens is 262 g/mol. The van der Waals surface area contributed by atoms with Crippen molar-refractivity contribution in [2.24, 2.45) is 0 Å². The number of fused-ring (bicyclic) bond motifs is 2. The first-order valence-corrected chi connectivity index (χ1v) is 6.82. The molecule has 3 nitrogen and oxygen atoms in total. The van der Waals surface area contributed by atoms with Crippen LogP contribution in [0.3, 0.4) is 0 Å². The Balaban J connectivity index is 1.91. The molecule has 4 rings (SSSR count). The summed E-state index contributed by atoms with van der Waals surface area (Å²) < 4.78 is 0. The second kappa shape index (κ2) is 4.43. The smallest absolute Gasteiger partial charge is 0.131 e. The van der Waals surface area contributed by atoms with Crippen molar-refractivity contribution in [3.05, 3.63) is 77.5 Å². The molecule has 3 aromatic rings. The molecule has 0 aliphatic heterocycles. The Morgan fingerprint density at radius 1 is 0.857 bits per heavy atom. The number of benzene rings is 2. The highest BCUT2D eigenvalue weighted by Crippen LogP contribution is 2.43. The van der Waals surface area contributed by atoms with Crippen LogP contribution in [0.2, 0.25) is 0 Å². The molecule has 0 bridgehead atoms. The molecule has 2 N–H and O–H groups in total. The Morgan fingerprint density at radius 2 is 1.62 bits per heavy atom. The zero-order valence-electron chi connectivity index (χ0n) is 11.2. The maximum atomic E-state index is 10.5. The topological polar surface area (TPSA) is 53.4 Å². The molecule has 1 aliphatic carbocycles. The highest BCUT2D eigenvalue weighted by Gasteiger charge is 2.31. The van der Waals surface area contributed by atoms with Gasteiger partial charge >= 0.3 is 0 Å². The molecule has 21 heavy (non-hydrogen) atoms. The van der Waals surface area contributed by atoms with Crippen LogP contribution in [-0.2, 0) is 0 Å². The van der Waals surface area contributed by atoms with Crippen LogP contribution in [0.25, 0.3) is 22.2 Å². The highest BCUT2D eigenvalue weighted by atomic mass is 16.3. The van der Waals surface area contributed by atoms with E-state index in [4.69, 9.17) is 0 Å². The predicted octanol–water partition coefficient (Wildman–Crippen LogP) is 3.71. The lowest BCUT2D eigenvalue weighted by Gasteiger charge is -2.10. The fourth-order valence-corrected chi connectivity index (χ4v) is 2.86. The van der Waals surface area contributed by atoms with Gasteiger partial charge in [0.1, 0.15) is 11.9 Å². The Labute approximate surface area is 121 Å². The first kappa shape index (κ1) is 12.1. The van der Waals surface area contributed by atoms with E-state index in [1.54, 1.807) is 0 Å². The van der Waals surface area contributed by atoms with Crippen LogP contribution < -0.4 is 0 Å². The minimum Gasteiger partial charge on any atom is -0.507 e. The van der Waals surface area contributed by atoms with Crippen LogP contribution >= 0.6 is 0 Å². The van der Waals surface area contributed by atoms with Gasteiger partial charge in [-0.05, 0) is 17.7 Å². The van der Waals surface area contributed by atoms with Crippen molar-refractivity contribution in [2.75, 3.05) is 0 Å². The van der Waals surface area contributed by atoms with Crippen molar-refractivity contribution in [1.82, 2.24) is 4.98 Å². The fourth-order valence-electron chi connectivity index (χ4n) is 2.86. The average Bonchev–Trinajstić information content (AvgIpc) is 2.79. The first-order valence-electron chi connectivity index (χ1n) is 6.82. The third-order valence-electron chi connectivity index (χ3n) is 3.91.